The number of nitrogens with zero attached hydrogens (tertiary/aromatic N) is 4. The quantitative estimate of drug-likeness (QED) is 0.649. The van der Waals surface area contributed by atoms with Gasteiger partial charge < -0.3 is 15.0 Å². The predicted molar refractivity (Wildman–Crippen MR) is 106 cm³/mol. The van der Waals surface area contributed by atoms with Crippen molar-refractivity contribution in [3.63, 3.8) is 0 Å². The van der Waals surface area contributed by atoms with E-state index in [0.29, 0.717) is 12.4 Å². The lowest BCUT2D eigenvalue weighted by Gasteiger charge is -2.31. The fraction of sp³-hybridized carbons (Fsp3) is 0.333. The van der Waals surface area contributed by atoms with E-state index in [1.165, 1.54) is 6.07 Å². The summed E-state index contributed by atoms with van der Waals surface area (Å²) in [7, 11) is 2.00. The van der Waals surface area contributed by atoms with E-state index in [1.807, 2.05) is 26.1 Å². The molecule has 6 nitrogen and oxygen atoms in total. The molecule has 7 heteroatoms. The van der Waals surface area contributed by atoms with Crippen LogP contribution in [0.4, 0.5) is 10.2 Å². The molecule has 1 N–H and O–H groups in total. The number of aromatic nitrogens is 3. The predicted octanol–water partition coefficient (Wildman–Crippen LogP) is 3.34. The molecule has 0 unspecified atom stereocenters. The lowest BCUT2D eigenvalue weighted by Crippen LogP contribution is -2.33. The normalized spacial score (nSPS) is 20.8. The maximum absolute atomic E-state index is 14.1. The molecule has 144 valence electrons. The summed E-state index contributed by atoms with van der Waals surface area (Å²) in [4.78, 5) is 6.55. The highest BCUT2D eigenvalue weighted by Crippen LogP contribution is 2.54. The highest BCUT2D eigenvalue weighted by atomic mass is 19.1. The standard InChI is InChI=1S/C21H22FN5O/c1-13-12-28-18-5-4-15(22)10-16(18)21(8-9-21)26(3)20-7-6-19-23-11-17(14(2)24-13)27(19)25-20/h4-7,10-11,13,24H,2,8-9,12H2,1,3H3/t13-/m1/s1. The van der Waals surface area contributed by atoms with E-state index in [4.69, 9.17) is 9.84 Å². The maximum atomic E-state index is 14.1. The highest BCUT2D eigenvalue weighted by molar-refractivity contribution is 5.63. The van der Waals surface area contributed by atoms with Crippen LogP contribution in [-0.2, 0) is 5.54 Å². The van der Waals surface area contributed by atoms with Gasteiger partial charge >= 0.3 is 0 Å². The SMILES string of the molecule is C=C1N[C@H](C)COc2ccc(F)cc2C2(CC2)N(C)c2ccc3ncc1n3n2. The number of imidazole rings is 1. The van der Waals surface area contributed by atoms with E-state index in [9.17, 15) is 4.39 Å². The van der Waals surface area contributed by atoms with Crippen molar-refractivity contribution in [1.29, 1.82) is 0 Å². The van der Waals surface area contributed by atoms with Crippen LogP contribution >= 0.6 is 0 Å². The fourth-order valence-electron chi connectivity index (χ4n) is 3.99. The van der Waals surface area contributed by atoms with E-state index < -0.39 is 0 Å². The number of halogens is 1. The van der Waals surface area contributed by atoms with Crippen molar-refractivity contribution in [1.82, 2.24) is 19.9 Å². The maximum Gasteiger partial charge on any atom is 0.154 e. The first kappa shape index (κ1) is 17.0. The van der Waals surface area contributed by atoms with E-state index in [1.54, 1.807) is 22.8 Å². The van der Waals surface area contributed by atoms with Gasteiger partial charge in [0.2, 0.25) is 0 Å². The van der Waals surface area contributed by atoms with Gasteiger partial charge in [-0.2, -0.15) is 0 Å². The van der Waals surface area contributed by atoms with Crippen LogP contribution in [0.25, 0.3) is 11.3 Å². The summed E-state index contributed by atoms with van der Waals surface area (Å²) in [5, 5.41) is 8.17. The Balaban J connectivity index is 1.70. The molecule has 2 aliphatic rings. The van der Waals surface area contributed by atoms with Crippen LogP contribution in [0.5, 0.6) is 5.75 Å². The number of hydrogen-bond acceptors (Lipinski definition) is 5. The molecular formula is C21H22FN5O. The van der Waals surface area contributed by atoms with Crippen molar-refractivity contribution in [2.24, 2.45) is 0 Å². The lowest BCUT2D eigenvalue weighted by molar-refractivity contribution is 0.279. The first-order valence-electron chi connectivity index (χ1n) is 9.45. The van der Waals surface area contributed by atoms with Gasteiger partial charge in [0.05, 0.1) is 23.5 Å². The van der Waals surface area contributed by atoms with Gasteiger partial charge in [-0.1, -0.05) is 6.58 Å². The molecule has 1 aromatic carbocycles. The Morgan fingerprint density at radius 3 is 2.89 bits per heavy atom. The van der Waals surface area contributed by atoms with Crippen LogP contribution in [0.3, 0.4) is 0 Å². The Kier molecular flexibility index (Phi) is 3.62. The van der Waals surface area contributed by atoms with Gasteiger partial charge in [-0.25, -0.2) is 13.9 Å². The summed E-state index contributed by atoms with van der Waals surface area (Å²) in [6, 6.07) is 8.67. The second kappa shape index (κ2) is 5.95. The second-order valence-electron chi connectivity index (χ2n) is 7.67. The summed E-state index contributed by atoms with van der Waals surface area (Å²) in [6.45, 7) is 6.61. The molecule has 28 heavy (non-hydrogen) atoms. The molecule has 1 spiro atoms. The minimum Gasteiger partial charge on any atom is -0.491 e. The van der Waals surface area contributed by atoms with Gasteiger partial charge in [0.1, 0.15) is 29.7 Å². The molecule has 1 fully saturated rings. The number of benzene rings is 1. The average Bonchev–Trinajstić information content (AvgIpc) is 3.38. The first-order valence-corrected chi connectivity index (χ1v) is 9.45. The van der Waals surface area contributed by atoms with Crippen LogP contribution < -0.4 is 15.0 Å². The van der Waals surface area contributed by atoms with Crippen LogP contribution in [0.2, 0.25) is 0 Å². The monoisotopic (exact) mass is 379 g/mol. The minimum atomic E-state index is -0.319. The van der Waals surface area contributed by atoms with Crippen molar-refractivity contribution >= 4 is 17.2 Å². The van der Waals surface area contributed by atoms with E-state index in [-0.39, 0.29) is 17.4 Å². The summed E-state index contributed by atoms with van der Waals surface area (Å²) < 4.78 is 22.1. The molecule has 2 aromatic heterocycles. The Labute approximate surface area is 162 Å². The third kappa shape index (κ3) is 2.53. The number of rotatable bonds is 0. The molecule has 3 aromatic rings. The molecule has 0 amide bonds. The van der Waals surface area contributed by atoms with Gasteiger partial charge in [0, 0.05) is 12.6 Å². The molecule has 2 bridgehead atoms. The van der Waals surface area contributed by atoms with Crippen molar-refractivity contribution in [3.05, 3.63) is 60.2 Å². The molecule has 0 saturated heterocycles. The fourth-order valence-corrected chi connectivity index (χ4v) is 3.99. The zero-order valence-electron chi connectivity index (χ0n) is 15.9. The van der Waals surface area contributed by atoms with Crippen LogP contribution in [0.1, 0.15) is 31.0 Å². The van der Waals surface area contributed by atoms with Gasteiger partial charge in [-0.05, 0) is 50.1 Å². The molecule has 0 radical (unpaired) electrons. The minimum absolute atomic E-state index is 0.00720. The summed E-state index contributed by atoms with van der Waals surface area (Å²) >= 11 is 0. The smallest absolute Gasteiger partial charge is 0.154 e. The molecular weight excluding hydrogens is 357 g/mol. The third-order valence-electron chi connectivity index (χ3n) is 5.72. The molecule has 1 saturated carbocycles. The lowest BCUT2D eigenvalue weighted by atomic mass is 10.0. The Morgan fingerprint density at radius 2 is 2.11 bits per heavy atom. The van der Waals surface area contributed by atoms with Gasteiger partial charge in [-0.15, -0.1) is 5.10 Å². The number of fused-ring (bicyclic) bond motifs is 3. The number of nitrogens with one attached hydrogen (secondary N) is 1. The Hall–Kier alpha value is -3.09. The molecule has 3 heterocycles. The third-order valence-corrected chi connectivity index (χ3v) is 5.72. The van der Waals surface area contributed by atoms with Crippen LogP contribution in [-0.4, -0.2) is 34.3 Å². The molecule has 1 atom stereocenters. The van der Waals surface area contributed by atoms with Crippen molar-refractivity contribution in [2.75, 3.05) is 18.6 Å². The summed E-state index contributed by atoms with van der Waals surface area (Å²) in [5.41, 5.74) is 2.85. The molecule has 5 rings (SSSR count). The van der Waals surface area contributed by atoms with Crippen LogP contribution in [0.15, 0.2) is 43.1 Å². The van der Waals surface area contributed by atoms with E-state index in [2.05, 4.69) is 21.8 Å². The Bertz CT molecular complexity index is 1090. The van der Waals surface area contributed by atoms with E-state index in [0.717, 1.165) is 41.3 Å². The average molecular weight is 379 g/mol. The second-order valence-corrected chi connectivity index (χ2v) is 7.67. The zero-order valence-corrected chi connectivity index (χ0v) is 15.9. The number of ether oxygens (including phenoxy) is 1. The molecule has 1 aliphatic carbocycles. The number of anilines is 1. The summed E-state index contributed by atoms with van der Waals surface area (Å²) in [5.74, 6) is 1.25. The van der Waals surface area contributed by atoms with E-state index >= 15 is 0 Å². The topological polar surface area (TPSA) is 54.7 Å². The first-order chi connectivity index (χ1) is 13.5. The van der Waals surface area contributed by atoms with Crippen LogP contribution in [0, 0.1) is 5.82 Å². The number of hydrogen-bond donors (Lipinski definition) is 1. The van der Waals surface area contributed by atoms with Gasteiger partial charge in [-0.3, -0.25) is 0 Å². The largest absolute Gasteiger partial charge is 0.491 e. The van der Waals surface area contributed by atoms with Crippen molar-refractivity contribution in [3.8, 4) is 5.75 Å². The summed E-state index contributed by atoms with van der Waals surface area (Å²) in [6.07, 6.45) is 3.60. The highest BCUT2D eigenvalue weighted by Gasteiger charge is 2.50. The van der Waals surface area contributed by atoms with Gasteiger partial charge in [0.15, 0.2) is 5.65 Å². The van der Waals surface area contributed by atoms with Crippen molar-refractivity contribution < 1.29 is 9.13 Å². The van der Waals surface area contributed by atoms with Crippen molar-refractivity contribution in [2.45, 2.75) is 31.3 Å². The Morgan fingerprint density at radius 1 is 1.29 bits per heavy atom. The van der Waals surface area contributed by atoms with Gasteiger partial charge in [0.25, 0.3) is 0 Å². The molecule has 1 aliphatic heterocycles. The zero-order chi connectivity index (χ0) is 19.5.